The van der Waals surface area contributed by atoms with Crippen molar-refractivity contribution in [2.75, 3.05) is 5.32 Å². The quantitative estimate of drug-likeness (QED) is 0.653. The van der Waals surface area contributed by atoms with Crippen LogP contribution in [0.25, 0.3) is 0 Å². The molecular weight excluding hydrogens is 339 g/mol. The van der Waals surface area contributed by atoms with Gasteiger partial charge in [0.15, 0.2) is 23.6 Å². The number of halogens is 3. The van der Waals surface area contributed by atoms with E-state index in [2.05, 4.69) is 0 Å². The van der Waals surface area contributed by atoms with Crippen LogP contribution < -0.4 is 5.32 Å². The van der Waals surface area contributed by atoms with Gasteiger partial charge < -0.3 is 15.2 Å². The van der Waals surface area contributed by atoms with Gasteiger partial charge in [-0.05, 0) is 38.1 Å². The topological polar surface area (TPSA) is 75.6 Å². The van der Waals surface area contributed by atoms with Crippen molar-refractivity contribution in [1.29, 1.82) is 0 Å². The highest BCUT2D eigenvalue weighted by atomic mass is 19.2. The number of phenols is 1. The van der Waals surface area contributed by atoms with Gasteiger partial charge in [0.2, 0.25) is 0 Å². The molecule has 0 heterocycles. The molecule has 0 aliphatic heterocycles. The number of esters is 1. The average Bonchev–Trinajstić information content (AvgIpc) is 2.57. The third kappa shape index (κ3) is 4.09. The molecule has 0 saturated carbocycles. The Morgan fingerprint density at radius 3 is 2.48 bits per heavy atom. The van der Waals surface area contributed by atoms with Gasteiger partial charge in [-0.15, -0.1) is 0 Å². The second kappa shape index (κ2) is 7.25. The van der Waals surface area contributed by atoms with Crippen LogP contribution in [0.4, 0.5) is 18.9 Å². The molecule has 0 saturated heterocycles. The molecule has 0 bridgehead atoms. The Morgan fingerprint density at radius 2 is 1.80 bits per heavy atom. The Balaban J connectivity index is 2.09. The second-order valence-electron chi connectivity index (χ2n) is 5.28. The number of amides is 1. The second-order valence-corrected chi connectivity index (χ2v) is 5.28. The molecule has 25 heavy (non-hydrogen) atoms. The minimum absolute atomic E-state index is 0.140. The Bertz CT molecular complexity index is 839. The van der Waals surface area contributed by atoms with E-state index < -0.39 is 41.1 Å². The maximum absolute atomic E-state index is 13.5. The van der Waals surface area contributed by atoms with E-state index in [4.69, 9.17) is 4.74 Å². The van der Waals surface area contributed by atoms with Crippen molar-refractivity contribution in [3.05, 3.63) is 58.9 Å². The zero-order valence-corrected chi connectivity index (χ0v) is 13.3. The summed E-state index contributed by atoms with van der Waals surface area (Å²) in [5, 5.41) is 11.7. The fourth-order valence-electron chi connectivity index (χ4n) is 1.95. The van der Waals surface area contributed by atoms with Crippen molar-refractivity contribution < 1.29 is 32.6 Å². The molecule has 2 rings (SSSR count). The molecule has 2 aromatic rings. The van der Waals surface area contributed by atoms with Gasteiger partial charge >= 0.3 is 5.97 Å². The summed E-state index contributed by atoms with van der Waals surface area (Å²) in [5.41, 5.74) is -0.0467. The minimum atomic E-state index is -1.73. The molecule has 0 aliphatic rings. The number of anilines is 1. The Morgan fingerprint density at radius 1 is 1.12 bits per heavy atom. The number of carbonyl (C=O) groups is 2. The van der Waals surface area contributed by atoms with Gasteiger partial charge in [-0.2, -0.15) is 0 Å². The van der Waals surface area contributed by atoms with Crippen LogP contribution in [-0.2, 0) is 9.53 Å². The Labute approximate surface area is 141 Å². The maximum atomic E-state index is 13.5. The van der Waals surface area contributed by atoms with Crippen LogP contribution in [0.15, 0.2) is 30.3 Å². The first-order chi connectivity index (χ1) is 11.7. The predicted molar refractivity (Wildman–Crippen MR) is 82.7 cm³/mol. The number of nitrogens with one attached hydrogen (secondary N) is 1. The lowest BCUT2D eigenvalue weighted by Crippen LogP contribution is -2.30. The van der Waals surface area contributed by atoms with Gasteiger partial charge in [-0.25, -0.2) is 18.0 Å². The van der Waals surface area contributed by atoms with E-state index in [1.165, 1.54) is 19.1 Å². The smallest absolute Gasteiger partial charge is 0.342 e. The molecule has 1 unspecified atom stereocenters. The van der Waals surface area contributed by atoms with Crippen molar-refractivity contribution in [2.24, 2.45) is 0 Å². The van der Waals surface area contributed by atoms with E-state index in [0.29, 0.717) is 11.6 Å². The van der Waals surface area contributed by atoms with Crippen LogP contribution >= 0.6 is 0 Å². The molecule has 1 amide bonds. The zero-order valence-electron chi connectivity index (χ0n) is 13.3. The molecule has 0 aliphatic carbocycles. The van der Waals surface area contributed by atoms with Gasteiger partial charge in [0.05, 0.1) is 5.69 Å². The molecule has 132 valence electrons. The summed E-state index contributed by atoms with van der Waals surface area (Å²) in [6.45, 7) is 2.90. The fraction of sp³-hybridized carbons (Fsp3) is 0.176. The average molecular weight is 353 g/mol. The molecule has 2 N–H and O–H groups in total. The first-order valence-electron chi connectivity index (χ1n) is 7.15. The highest BCUT2D eigenvalue weighted by Crippen LogP contribution is 2.21. The van der Waals surface area contributed by atoms with Crippen molar-refractivity contribution in [3.8, 4) is 5.75 Å². The number of hydrogen-bond acceptors (Lipinski definition) is 4. The van der Waals surface area contributed by atoms with Crippen LogP contribution in [0, 0.1) is 24.4 Å². The fourth-order valence-corrected chi connectivity index (χ4v) is 1.95. The monoisotopic (exact) mass is 353 g/mol. The maximum Gasteiger partial charge on any atom is 0.342 e. The van der Waals surface area contributed by atoms with Crippen LogP contribution in [0.2, 0.25) is 0 Å². The number of ether oxygens (including phenoxy) is 1. The minimum Gasteiger partial charge on any atom is -0.507 e. The summed E-state index contributed by atoms with van der Waals surface area (Å²) in [5.74, 6) is -6.94. The molecule has 1 atom stereocenters. The summed E-state index contributed by atoms with van der Waals surface area (Å²) in [6.07, 6.45) is -1.38. The predicted octanol–water partition coefficient (Wildman–Crippen LogP) is 3.30. The van der Waals surface area contributed by atoms with Crippen molar-refractivity contribution in [3.63, 3.8) is 0 Å². The van der Waals surface area contributed by atoms with E-state index in [0.717, 1.165) is 6.07 Å². The molecular formula is C17H14F3NO4. The Hall–Kier alpha value is -3.03. The molecule has 0 radical (unpaired) electrons. The standard InChI is InChI=1S/C17H14F3NO4/c1-8-3-6-13(22)10(7-8)17(24)25-9(2)16(23)21-12-5-4-11(18)14(19)15(12)20/h3-7,9,22H,1-2H3,(H,21,23). The number of hydrogen-bond donors (Lipinski definition) is 2. The van der Waals surface area contributed by atoms with Crippen molar-refractivity contribution in [2.45, 2.75) is 20.0 Å². The van der Waals surface area contributed by atoms with Gasteiger partial charge in [0.1, 0.15) is 11.3 Å². The van der Waals surface area contributed by atoms with E-state index in [1.54, 1.807) is 13.0 Å². The number of rotatable bonds is 4. The summed E-state index contributed by atoms with van der Waals surface area (Å²) in [6, 6.07) is 5.74. The lowest BCUT2D eigenvalue weighted by molar-refractivity contribution is -0.123. The number of phenolic OH excluding ortho intramolecular Hbond substituents is 1. The van der Waals surface area contributed by atoms with Gasteiger partial charge in [0.25, 0.3) is 5.91 Å². The molecule has 0 fully saturated rings. The summed E-state index contributed by atoms with van der Waals surface area (Å²) >= 11 is 0. The summed E-state index contributed by atoms with van der Waals surface area (Å²) < 4.78 is 44.4. The SMILES string of the molecule is Cc1ccc(O)c(C(=O)OC(C)C(=O)Nc2ccc(F)c(F)c2F)c1. The number of benzene rings is 2. The van der Waals surface area contributed by atoms with Crippen LogP contribution in [-0.4, -0.2) is 23.1 Å². The highest BCUT2D eigenvalue weighted by molar-refractivity contribution is 5.98. The van der Waals surface area contributed by atoms with E-state index >= 15 is 0 Å². The van der Waals surface area contributed by atoms with E-state index in [1.807, 2.05) is 5.32 Å². The largest absolute Gasteiger partial charge is 0.507 e. The third-order valence-electron chi connectivity index (χ3n) is 3.32. The van der Waals surface area contributed by atoms with E-state index in [9.17, 15) is 27.9 Å². The van der Waals surface area contributed by atoms with Gasteiger partial charge in [-0.1, -0.05) is 11.6 Å². The molecule has 0 aromatic heterocycles. The normalized spacial score (nSPS) is 11.7. The first-order valence-corrected chi connectivity index (χ1v) is 7.15. The van der Waals surface area contributed by atoms with Crippen LogP contribution in [0.1, 0.15) is 22.8 Å². The van der Waals surface area contributed by atoms with E-state index in [-0.39, 0.29) is 11.3 Å². The third-order valence-corrected chi connectivity index (χ3v) is 3.32. The van der Waals surface area contributed by atoms with Crippen LogP contribution in [0.3, 0.4) is 0 Å². The molecule has 5 nitrogen and oxygen atoms in total. The lowest BCUT2D eigenvalue weighted by atomic mass is 10.1. The molecule has 2 aromatic carbocycles. The first kappa shape index (κ1) is 18.3. The molecule has 8 heteroatoms. The van der Waals surface area contributed by atoms with Crippen LogP contribution in [0.5, 0.6) is 5.75 Å². The molecule has 0 spiro atoms. The number of aryl methyl sites for hydroxylation is 1. The van der Waals surface area contributed by atoms with Gasteiger partial charge in [-0.3, -0.25) is 4.79 Å². The zero-order chi connectivity index (χ0) is 18.7. The Kier molecular flexibility index (Phi) is 5.31. The number of aromatic hydroxyl groups is 1. The summed E-state index contributed by atoms with van der Waals surface area (Å²) in [7, 11) is 0. The van der Waals surface area contributed by atoms with Crippen molar-refractivity contribution in [1.82, 2.24) is 0 Å². The lowest BCUT2D eigenvalue weighted by Gasteiger charge is -2.14. The van der Waals surface area contributed by atoms with Gasteiger partial charge in [0, 0.05) is 0 Å². The van der Waals surface area contributed by atoms with Crippen molar-refractivity contribution >= 4 is 17.6 Å². The summed E-state index contributed by atoms with van der Waals surface area (Å²) in [4.78, 5) is 24.0. The number of carbonyl (C=O) groups excluding carboxylic acids is 2. The highest BCUT2D eigenvalue weighted by Gasteiger charge is 2.23.